The van der Waals surface area contributed by atoms with Gasteiger partial charge in [0.05, 0.1) is 11.6 Å². The fourth-order valence-corrected chi connectivity index (χ4v) is 1.86. The number of alkyl halides is 1. The average Bonchev–Trinajstić information content (AvgIpc) is 2.30. The first-order valence-electron chi connectivity index (χ1n) is 5.33. The Labute approximate surface area is 105 Å². The Bertz CT molecular complexity index is 378. The molecule has 1 aromatic rings. The molecule has 4 nitrogen and oxygen atoms in total. The maximum Gasteiger partial charge on any atom is 0.162 e. The monoisotopic (exact) mass is 261 g/mol. The minimum Gasteiger partial charge on any atom is -0.383 e. The lowest BCUT2D eigenvalue weighted by Gasteiger charge is -2.25. The second-order valence-corrected chi connectivity index (χ2v) is 4.31. The fraction of sp³-hybridized carbons (Fsp3) is 0.545. The zero-order valence-electron chi connectivity index (χ0n) is 9.75. The average molecular weight is 262 g/mol. The van der Waals surface area contributed by atoms with Crippen molar-refractivity contribution < 1.29 is 9.13 Å². The summed E-state index contributed by atoms with van der Waals surface area (Å²) >= 11 is 5.81. The molecule has 1 aromatic heterocycles. The number of ether oxygens (including phenoxy) is 1. The van der Waals surface area contributed by atoms with Gasteiger partial charge in [0.1, 0.15) is 5.82 Å². The summed E-state index contributed by atoms with van der Waals surface area (Å²) in [6.45, 7) is 0.308. The molecule has 0 radical (unpaired) electrons. The van der Waals surface area contributed by atoms with Crippen molar-refractivity contribution in [1.29, 1.82) is 0 Å². The van der Waals surface area contributed by atoms with Crippen LogP contribution in [-0.4, -0.2) is 25.2 Å². The van der Waals surface area contributed by atoms with Crippen LogP contribution in [0.3, 0.4) is 0 Å². The Kier molecular flexibility index (Phi) is 5.11. The van der Waals surface area contributed by atoms with Crippen LogP contribution in [0.15, 0.2) is 12.3 Å². The highest BCUT2D eigenvalue weighted by Gasteiger charge is 2.34. The third kappa shape index (κ3) is 3.52. The van der Waals surface area contributed by atoms with E-state index in [0.717, 1.165) is 0 Å². The summed E-state index contributed by atoms with van der Waals surface area (Å²) in [6, 6.07) is 1.49. The molecule has 0 spiro atoms. The van der Waals surface area contributed by atoms with Crippen LogP contribution in [-0.2, 0) is 10.4 Å². The second-order valence-electron chi connectivity index (χ2n) is 3.88. The molecule has 6 heteroatoms. The number of halogens is 2. The highest BCUT2D eigenvalue weighted by molar-refractivity contribution is 6.30. The van der Waals surface area contributed by atoms with Gasteiger partial charge in [0.25, 0.3) is 0 Å². The van der Waals surface area contributed by atoms with Crippen LogP contribution in [0.1, 0.15) is 18.4 Å². The minimum atomic E-state index is -1.70. The molecule has 4 N–H and O–H groups in total. The van der Waals surface area contributed by atoms with Gasteiger partial charge in [-0.15, -0.1) is 0 Å². The topological polar surface area (TPSA) is 74.2 Å². The van der Waals surface area contributed by atoms with Gasteiger partial charge in [-0.1, -0.05) is 11.6 Å². The van der Waals surface area contributed by atoms with E-state index in [1.807, 2.05) is 0 Å². The van der Waals surface area contributed by atoms with E-state index >= 15 is 0 Å². The molecule has 17 heavy (non-hydrogen) atoms. The van der Waals surface area contributed by atoms with Crippen LogP contribution in [0.2, 0.25) is 5.02 Å². The van der Waals surface area contributed by atoms with Gasteiger partial charge in [-0.2, -0.15) is 0 Å². The number of nitrogens with two attached hydrogens (primary N) is 2. The molecular weight excluding hydrogens is 245 g/mol. The molecular formula is C11H17ClFN3O. The number of nitrogen functional groups attached to an aromatic ring is 1. The lowest BCUT2D eigenvalue weighted by atomic mass is 9.92. The normalized spacial score (nSPS) is 14.6. The van der Waals surface area contributed by atoms with Crippen molar-refractivity contribution in [2.24, 2.45) is 5.73 Å². The van der Waals surface area contributed by atoms with E-state index in [1.54, 1.807) is 0 Å². The standard InChI is InChI=1S/C11H17ClFN3O/c1-17-7-11(13,3-2-4-14)9-5-8(12)6-16-10(9)15/h5-6H,2-4,7,14H2,1H3,(H2,15,16). The molecule has 0 aliphatic rings. The van der Waals surface area contributed by atoms with Crippen molar-refractivity contribution in [3.05, 3.63) is 22.8 Å². The highest BCUT2D eigenvalue weighted by Crippen LogP contribution is 2.35. The molecule has 1 unspecified atom stereocenters. The Morgan fingerprint density at radius 1 is 1.59 bits per heavy atom. The summed E-state index contributed by atoms with van der Waals surface area (Å²) in [5.41, 5.74) is 9.64. The highest BCUT2D eigenvalue weighted by atomic mass is 35.5. The van der Waals surface area contributed by atoms with E-state index in [-0.39, 0.29) is 24.4 Å². The van der Waals surface area contributed by atoms with Crippen molar-refractivity contribution in [1.82, 2.24) is 4.98 Å². The molecule has 1 rings (SSSR count). The number of methoxy groups -OCH3 is 1. The van der Waals surface area contributed by atoms with Crippen molar-refractivity contribution >= 4 is 17.4 Å². The largest absolute Gasteiger partial charge is 0.383 e. The van der Waals surface area contributed by atoms with Gasteiger partial charge in [-0.05, 0) is 25.5 Å². The zero-order chi connectivity index (χ0) is 12.9. The molecule has 0 saturated carbocycles. The van der Waals surface area contributed by atoms with Crippen LogP contribution < -0.4 is 11.5 Å². The first-order valence-corrected chi connectivity index (χ1v) is 5.70. The maximum atomic E-state index is 14.8. The number of hydrogen-bond donors (Lipinski definition) is 2. The Morgan fingerprint density at radius 2 is 2.29 bits per heavy atom. The number of aromatic nitrogens is 1. The number of anilines is 1. The van der Waals surface area contributed by atoms with Crippen LogP contribution in [0.5, 0.6) is 0 Å². The molecule has 0 saturated heterocycles. The minimum absolute atomic E-state index is 0.0980. The Hall–Kier alpha value is -0.910. The number of pyridine rings is 1. The van der Waals surface area contributed by atoms with Crippen molar-refractivity contribution in [3.8, 4) is 0 Å². The van der Waals surface area contributed by atoms with E-state index in [2.05, 4.69) is 4.98 Å². The molecule has 0 aliphatic carbocycles. The molecule has 1 heterocycles. The Balaban J connectivity index is 3.07. The van der Waals surface area contributed by atoms with E-state index in [0.29, 0.717) is 18.0 Å². The van der Waals surface area contributed by atoms with Crippen LogP contribution in [0, 0.1) is 0 Å². The van der Waals surface area contributed by atoms with Crippen molar-refractivity contribution in [2.75, 3.05) is 26.0 Å². The third-order valence-corrected chi connectivity index (χ3v) is 2.72. The summed E-state index contributed by atoms with van der Waals surface area (Å²) in [4.78, 5) is 3.85. The van der Waals surface area contributed by atoms with Gasteiger partial charge in [-0.3, -0.25) is 0 Å². The summed E-state index contributed by atoms with van der Waals surface area (Å²) < 4.78 is 19.7. The quantitative estimate of drug-likeness (QED) is 0.820. The van der Waals surface area contributed by atoms with Crippen LogP contribution >= 0.6 is 11.6 Å². The zero-order valence-corrected chi connectivity index (χ0v) is 10.5. The third-order valence-electron chi connectivity index (χ3n) is 2.52. The molecule has 1 atom stereocenters. The van der Waals surface area contributed by atoms with Crippen LogP contribution in [0.25, 0.3) is 0 Å². The Morgan fingerprint density at radius 3 is 2.88 bits per heavy atom. The van der Waals surface area contributed by atoms with E-state index in [9.17, 15) is 4.39 Å². The predicted molar refractivity (Wildman–Crippen MR) is 66.6 cm³/mol. The van der Waals surface area contributed by atoms with E-state index in [4.69, 9.17) is 27.8 Å². The predicted octanol–water partition coefficient (Wildman–Crippen LogP) is 1.87. The van der Waals surface area contributed by atoms with Gasteiger partial charge in [0, 0.05) is 18.9 Å². The summed E-state index contributed by atoms with van der Waals surface area (Å²) in [5.74, 6) is 0.131. The molecule has 0 amide bonds. The van der Waals surface area contributed by atoms with Gasteiger partial charge in [0.15, 0.2) is 5.67 Å². The number of hydrogen-bond acceptors (Lipinski definition) is 4. The first-order chi connectivity index (χ1) is 8.03. The molecule has 0 fully saturated rings. The smallest absolute Gasteiger partial charge is 0.162 e. The van der Waals surface area contributed by atoms with E-state index in [1.165, 1.54) is 19.4 Å². The molecule has 0 aromatic carbocycles. The molecule has 0 bridgehead atoms. The molecule has 0 aliphatic heterocycles. The SMILES string of the molecule is COCC(F)(CCCN)c1cc(Cl)cnc1N. The van der Waals surface area contributed by atoms with Crippen molar-refractivity contribution in [3.63, 3.8) is 0 Å². The fourth-order valence-electron chi connectivity index (χ4n) is 1.70. The van der Waals surface area contributed by atoms with Gasteiger partial charge in [-0.25, -0.2) is 9.37 Å². The van der Waals surface area contributed by atoms with Gasteiger partial charge >= 0.3 is 0 Å². The van der Waals surface area contributed by atoms with Crippen LogP contribution in [0.4, 0.5) is 10.2 Å². The number of nitrogens with zero attached hydrogens (tertiary/aromatic N) is 1. The first kappa shape index (κ1) is 14.2. The summed E-state index contributed by atoms with van der Waals surface area (Å²) in [6.07, 6.45) is 2.14. The summed E-state index contributed by atoms with van der Waals surface area (Å²) in [7, 11) is 1.44. The van der Waals surface area contributed by atoms with Crippen molar-refractivity contribution in [2.45, 2.75) is 18.5 Å². The van der Waals surface area contributed by atoms with E-state index < -0.39 is 5.67 Å². The van der Waals surface area contributed by atoms with Gasteiger partial charge < -0.3 is 16.2 Å². The van der Waals surface area contributed by atoms with Gasteiger partial charge in [0.2, 0.25) is 0 Å². The molecule has 96 valence electrons. The number of rotatable bonds is 6. The lowest BCUT2D eigenvalue weighted by Crippen LogP contribution is -2.28. The maximum absolute atomic E-state index is 14.8. The lowest BCUT2D eigenvalue weighted by molar-refractivity contribution is 0.0307. The summed E-state index contributed by atoms with van der Waals surface area (Å²) in [5, 5.41) is 0.347. The second kappa shape index (κ2) is 6.14.